The Hall–Kier alpha value is -0.560. The fourth-order valence-corrected chi connectivity index (χ4v) is 3.43. The summed E-state index contributed by atoms with van der Waals surface area (Å²) in [7, 11) is -3.38. The number of hydrogen-bond donors (Lipinski definition) is 2. The van der Waals surface area contributed by atoms with Crippen LogP contribution in [0.25, 0.3) is 0 Å². The molecule has 0 amide bonds. The molecule has 1 unspecified atom stereocenters. The van der Waals surface area contributed by atoms with Crippen molar-refractivity contribution in [2.24, 2.45) is 0 Å². The first kappa shape index (κ1) is 18.5. The first-order chi connectivity index (χ1) is 10.0. The number of hydrogen-bond acceptors (Lipinski definition) is 4. The van der Waals surface area contributed by atoms with Crippen molar-refractivity contribution in [3.05, 3.63) is 29.8 Å². The lowest BCUT2D eigenvalue weighted by Gasteiger charge is -2.14. The summed E-state index contributed by atoms with van der Waals surface area (Å²) in [5, 5.41) is 3.39. The van der Waals surface area contributed by atoms with Crippen LogP contribution in [0.4, 0.5) is 0 Å². The minimum absolute atomic E-state index is 0.233. The van der Waals surface area contributed by atoms with Crippen LogP contribution in [-0.4, -0.2) is 33.5 Å². The third kappa shape index (κ3) is 6.38. The van der Waals surface area contributed by atoms with Crippen molar-refractivity contribution in [1.29, 1.82) is 0 Å². The van der Waals surface area contributed by atoms with E-state index in [-0.39, 0.29) is 6.04 Å². The number of benzene rings is 1. The van der Waals surface area contributed by atoms with Crippen molar-refractivity contribution in [3.63, 3.8) is 0 Å². The monoisotopic (exact) mass is 330 g/mol. The van der Waals surface area contributed by atoms with Crippen LogP contribution in [0.2, 0.25) is 0 Å². The van der Waals surface area contributed by atoms with Gasteiger partial charge in [0.05, 0.1) is 4.90 Å². The Morgan fingerprint density at radius 3 is 2.43 bits per heavy atom. The van der Waals surface area contributed by atoms with Crippen molar-refractivity contribution < 1.29 is 8.42 Å². The quantitative estimate of drug-likeness (QED) is 0.648. The minimum Gasteiger partial charge on any atom is -0.310 e. The minimum atomic E-state index is -3.38. The van der Waals surface area contributed by atoms with E-state index in [1.54, 1.807) is 23.9 Å². The fourth-order valence-electron chi connectivity index (χ4n) is 1.92. The van der Waals surface area contributed by atoms with Gasteiger partial charge in [0.15, 0.2) is 0 Å². The Morgan fingerprint density at radius 2 is 1.86 bits per heavy atom. The summed E-state index contributed by atoms with van der Waals surface area (Å²) in [6, 6.07) is 7.34. The standard InChI is InChI=1S/C15H26N2O2S2/c1-4-10-16-13(2)14-6-8-15(9-7-14)21(18,19)17-11-5-12-20-3/h6-9,13,16-17H,4-5,10-12H2,1-3H3. The third-order valence-corrected chi connectivity index (χ3v) is 5.38. The Kier molecular flexibility index (Phi) is 8.33. The van der Waals surface area contributed by atoms with E-state index in [9.17, 15) is 8.42 Å². The van der Waals surface area contributed by atoms with Gasteiger partial charge in [0.2, 0.25) is 10.0 Å². The molecular formula is C15H26N2O2S2. The summed E-state index contributed by atoms with van der Waals surface area (Å²) in [4.78, 5) is 0.332. The zero-order valence-electron chi connectivity index (χ0n) is 13.1. The van der Waals surface area contributed by atoms with Crippen LogP contribution in [0.5, 0.6) is 0 Å². The summed E-state index contributed by atoms with van der Waals surface area (Å²) < 4.78 is 26.9. The highest BCUT2D eigenvalue weighted by molar-refractivity contribution is 7.98. The predicted molar refractivity (Wildman–Crippen MR) is 91.3 cm³/mol. The van der Waals surface area contributed by atoms with Gasteiger partial charge >= 0.3 is 0 Å². The van der Waals surface area contributed by atoms with E-state index in [2.05, 4.69) is 23.9 Å². The normalized spacial score (nSPS) is 13.3. The molecule has 0 aliphatic carbocycles. The highest BCUT2D eigenvalue weighted by Gasteiger charge is 2.13. The molecule has 0 bridgehead atoms. The maximum absolute atomic E-state index is 12.1. The maximum Gasteiger partial charge on any atom is 0.240 e. The molecule has 120 valence electrons. The second-order valence-corrected chi connectivity index (χ2v) is 7.74. The van der Waals surface area contributed by atoms with Crippen LogP contribution in [0.1, 0.15) is 38.3 Å². The lowest BCUT2D eigenvalue weighted by molar-refractivity contribution is 0.569. The number of thioether (sulfide) groups is 1. The van der Waals surface area contributed by atoms with Gasteiger partial charge in [0, 0.05) is 12.6 Å². The van der Waals surface area contributed by atoms with Gasteiger partial charge in [-0.05, 0) is 56.0 Å². The maximum atomic E-state index is 12.1. The predicted octanol–water partition coefficient (Wildman–Crippen LogP) is 2.78. The first-order valence-electron chi connectivity index (χ1n) is 7.33. The SMILES string of the molecule is CCCNC(C)c1ccc(S(=O)(=O)NCCCSC)cc1. The van der Waals surface area contributed by atoms with Crippen molar-refractivity contribution in [2.75, 3.05) is 25.1 Å². The molecule has 0 heterocycles. The molecule has 0 saturated carbocycles. The highest BCUT2D eigenvalue weighted by atomic mass is 32.2. The van der Waals surface area contributed by atoms with Gasteiger partial charge in [0.1, 0.15) is 0 Å². The van der Waals surface area contributed by atoms with Gasteiger partial charge in [0.25, 0.3) is 0 Å². The Balaban J connectivity index is 2.63. The smallest absolute Gasteiger partial charge is 0.240 e. The van der Waals surface area contributed by atoms with Crippen LogP contribution in [-0.2, 0) is 10.0 Å². The summed E-state index contributed by atoms with van der Waals surface area (Å²) >= 11 is 1.72. The molecule has 0 aliphatic rings. The van der Waals surface area contributed by atoms with Crippen LogP contribution >= 0.6 is 11.8 Å². The molecule has 0 radical (unpaired) electrons. The molecule has 1 atom stereocenters. The van der Waals surface area contributed by atoms with Gasteiger partial charge < -0.3 is 5.32 Å². The third-order valence-electron chi connectivity index (χ3n) is 3.21. The van der Waals surface area contributed by atoms with E-state index in [0.717, 1.165) is 30.7 Å². The van der Waals surface area contributed by atoms with E-state index >= 15 is 0 Å². The van der Waals surface area contributed by atoms with Gasteiger partial charge in [-0.15, -0.1) is 0 Å². The molecule has 2 N–H and O–H groups in total. The van der Waals surface area contributed by atoms with Gasteiger partial charge in [-0.1, -0.05) is 19.1 Å². The Bertz CT molecular complexity index is 501. The molecule has 0 aliphatic heterocycles. The number of rotatable bonds is 10. The van der Waals surface area contributed by atoms with Gasteiger partial charge in [-0.25, -0.2) is 13.1 Å². The van der Waals surface area contributed by atoms with Crippen LogP contribution in [0.15, 0.2) is 29.2 Å². The Labute approximate surface area is 133 Å². The van der Waals surface area contributed by atoms with E-state index in [1.165, 1.54) is 0 Å². The van der Waals surface area contributed by atoms with Gasteiger partial charge in [-0.2, -0.15) is 11.8 Å². The van der Waals surface area contributed by atoms with E-state index in [1.807, 2.05) is 18.4 Å². The summed E-state index contributed by atoms with van der Waals surface area (Å²) in [5.74, 6) is 0.960. The van der Waals surface area contributed by atoms with Crippen molar-refractivity contribution in [2.45, 2.75) is 37.6 Å². The summed E-state index contributed by atoms with van der Waals surface area (Å²) in [6.45, 7) is 5.65. The Morgan fingerprint density at radius 1 is 1.19 bits per heavy atom. The molecule has 0 saturated heterocycles. The average molecular weight is 331 g/mol. The van der Waals surface area contributed by atoms with Crippen LogP contribution in [0, 0.1) is 0 Å². The van der Waals surface area contributed by atoms with E-state index in [0.29, 0.717) is 11.4 Å². The molecular weight excluding hydrogens is 304 g/mol. The van der Waals surface area contributed by atoms with Crippen LogP contribution in [0.3, 0.4) is 0 Å². The topological polar surface area (TPSA) is 58.2 Å². The summed E-state index contributed by atoms with van der Waals surface area (Å²) in [5.41, 5.74) is 1.10. The molecule has 4 nitrogen and oxygen atoms in total. The number of nitrogens with one attached hydrogen (secondary N) is 2. The summed E-state index contributed by atoms with van der Waals surface area (Å²) in [6.07, 6.45) is 3.94. The average Bonchev–Trinajstić information content (AvgIpc) is 2.49. The van der Waals surface area contributed by atoms with Crippen LogP contribution < -0.4 is 10.0 Å². The van der Waals surface area contributed by atoms with E-state index < -0.39 is 10.0 Å². The molecule has 0 spiro atoms. The second kappa shape index (κ2) is 9.46. The molecule has 6 heteroatoms. The van der Waals surface area contributed by atoms with Crippen molar-refractivity contribution >= 4 is 21.8 Å². The molecule has 1 aromatic rings. The van der Waals surface area contributed by atoms with Crippen molar-refractivity contribution in [3.8, 4) is 0 Å². The van der Waals surface area contributed by atoms with Crippen molar-refractivity contribution in [1.82, 2.24) is 10.0 Å². The second-order valence-electron chi connectivity index (χ2n) is 4.99. The number of sulfonamides is 1. The molecule has 0 aromatic heterocycles. The van der Waals surface area contributed by atoms with Gasteiger partial charge in [-0.3, -0.25) is 0 Å². The molecule has 0 fully saturated rings. The lowest BCUT2D eigenvalue weighted by atomic mass is 10.1. The highest BCUT2D eigenvalue weighted by Crippen LogP contribution is 2.16. The zero-order chi connectivity index (χ0) is 15.7. The zero-order valence-corrected chi connectivity index (χ0v) is 14.7. The fraction of sp³-hybridized carbons (Fsp3) is 0.600. The largest absolute Gasteiger partial charge is 0.310 e. The molecule has 21 heavy (non-hydrogen) atoms. The molecule has 1 rings (SSSR count). The van der Waals surface area contributed by atoms with E-state index in [4.69, 9.17) is 0 Å². The molecule has 1 aromatic carbocycles. The lowest BCUT2D eigenvalue weighted by Crippen LogP contribution is -2.25. The first-order valence-corrected chi connectivity index (χ1v) is 10.2.